The van der Waals surface area contributed by atoms with Crippen molar-refractivity contribution in [1.29, 1.82) is 0 Å². The molecule has 0 atom stereocenters. The largest absolute Gasteiger partial charge is 0.336 e. The highest BCUT2D eigenvalue weighted by atomic mass is 16.2. The van der Waals surface area contributed by atoms with E-state index in [0.717, 1.165) is 4.90 Å². The topological polar surface area (TPSA) is 40.6 Å². The molecule has 1 aromatic rings. The van der Waals surface area contributed by atoms with Crippen molar-refractivity contribution in [1.82, 2.24) is 4.90 Å². The molecule has 4 nitrogen and oxygen atoms in total. The van der Waals surface area contributed by atoms with Gasteiger partial charge in [0.15, 0.2) is 0 Å². The van der Waals surface area contributed by atoms with Gasteiger partial charge in [-0.25, -0.2) is 9.69 Å². The van der Waals surface area contributed by atoms with Crippen LogP contribution in [-0.4, -0.2) is 22.9 Å². The number of hydrogen-bond donors (Lipinski definition) is 0. The van der Waals surface area contributed by atoms with Gasteiger partial charge in [-0.1, -0.05) is 24.8 Å². The van der Waals surface area contributed by atoms with E-state index in [9.17, 15) is 9.59 Å². The summed E-state index contributed by atoms with van der Waals surface area (Å²) in [5.41, 5.74) is 0.806. The summed E-state index contributed by atoms with van der Waals surface area (Å²) < 4.78 is 0. The number of carbonyl (C=O) groups is 2. The van der Waals surface area contributed by atoms with Crippen LogP contribution >= 0.6 is 0 Å². The zero-order valence-electron chi connectivity index (χ0n) is 9.88. The van der Waals surface area contributed by atoms with Crippen LogP contribution in [0.2, 0.25) is 0 Å². The summed E-state index contributed by atoms with van der Waals surface area (Å²) in [5, 5.41) is 0. The van der Waals surface area contributed by atoms with Gasteiger partial charge in [0, 0.05) is 6.04 Å². The van der Waals surface area contributed by atoms with Crippen LogP contribution in [0.4, 0.5) is 10.5 Å². The molecule has 2 rings (SSSR count). The van der Waals surface area contributed by atoms with Crippen molar-refractivity contribution in [2.45, 2.75) is 19.9 Å². The van der Waals surface area contributed by atoms with Crippen LogP contribution in [0.25, 0.3) is 0 Å². The maximum absolute atomic E-state index is 12.1. The lowest BCUT2D eigenvalue weighted by Gasteiger charge is -2.20. The monoisotopic (exact) mass is 230 g/mol. The van der Waals surface area contributed by atoms with Crippen LogP contribution < -0.4 is 4.90 Å². The predicted molar refractivity (Wildman–Crippen MR) is 65.4 cm³/mol. The van der Waals surface area contributed by atoms with E-state index in [2.05, 4.69) is 6.58 Å². The molecule has 1 saturated heterocycles. The molecule has 1 heterocycles. The van der Waals surface area contributed by atoms with Crippen LogP contribution in [0.5, 0.6) is 0 Å². The molecule has 0 radical (unpaired) electrons. The summed E-state index contributed by atoms with van der Waals surface area (Å²) in [6.45, 7) is 7.38. The first-order valence-electron chi connectivity index (χ1n) is 5.45. The Morgan fingerprint density at radius 2 is 1.71 bits per heavy atom. The molecule has 3 amide bonds. The van der Waals surface area contributed by atoms with E-state index >= 15 is 0 Å². The normalized spacial score (nSPS) is 16.3. The molecule has 1 fully saturated rings. The Kier molecular flexibility index (Phi) is 2.71. The molecule has 1 aromatic carbocycles. The highest BCUT2D eigenvalue weighted by Crippen LogP contribution is 2.27. The smallest absolute Gasteiger partial charge is 0.286 e. The summed E-state index contributed by atoms with van der Waals surface area (Å²) in [6, 6.07) is 8.46. The van der Waals surface area contributed by atoms with Gasteiger partial charge < -0.3 is 0 Å². The van der Waals surface area contributed by atoms with Crippen molar-refractivity contribution in [3.63, 3.8) is 0 Å². The predicted octanol–water partition coefficient (Wildman–Crippen LogP) is 2.38. The van der Waals surface area contributed by atoms with E-state index in [-0.39, 0.29) is 23.7 Å². The number of benzene rings is 1. The number of hydrogen-bond acceptors (Lipinski definition) is 2. The zero-order valence-corrected chi connectivity index (χ0v) is 9.88. The second-order valence-corrected chi connectivity index (χ2v) is 4.17. The van der Waals surface area contributed by atoms with Gasteiger partial charge in [0.2, 0.25) is 0 Å². The quantitative estimate of drug-likeness (QED) is 0.578. The first-order valence-corrected chi connectivity index (χ1v) is 5.45. The minimum atomic E-state index is -0.352. The van der Waals surface area contributed by atoms with Crippen LogP contribution in [0.1, 0.15) is 13.8 Å². The summed E-state index contributed by atoms with van der Waals surface area (Å²) in [4.78, 5) is 26.7. The number of rotatable bonds is 2. The molecule has 17 heavy (non-hydrogen) atoms. The molecular weight excluding hydrogens is 216 g/mol. The Hall–Kier alpha value is -2.10. The van der Waals surface area contributed by atoms with Crippen LogP contribution in [0.3, 0.4) is 0 Å². The van der Waals surface area contributed by atoms with Crippen molar-refractivity contribution in [2.24, 2.45) is 0 Å². The molecule has 88 valence electrons. The highest BCUT2D eigenvalue weighted by molar-refractivity contribution is 6.26. The molecule has 1 aliphatic heterocycles. The van der Waals surface area contributed by atoms with Crippen LogP contribution in [0.15, 0.2) is 42.6 Å². The number of imide groups is 1. The Bertz CT molecular complexity index is 479. The summed E-state index contributed by atoms with van der Waals surface area (Å²) in [6.07, 6.45) is 0. The molecule has 0 spiro atoms. The highest BCUT2D eigenvalue weighted by Gasteiger charge is 2.41. The Labute approximate surface area is 100 Å². The van der Waals surface area contributed by atoms with Crippen molar-refractivity contribution >= 4 is 17.6 Å². The van der Waals surface area contributed by atoms with Crippen molar-refractivity contribution in [3.05, 3.63) is 42.6 Å². The molecule has 0 unspecified atom stereocenters. The summed E-state index contributed by atoms with van der Waals surface area (Å²) >= 11 is 0. The third-order valence-electron chi connectivity index (χ3n) is 2.67. The molecular formula is C13H14N2O2. The minimum absolute atomic E-state index is 0.0762. The van der Waals surface area contributed by atoms with E-state index in [0.29, 0.717) is 5.69 Å². The first-order chi connectivity index (χ1) is 8.04. The van der Waals surface area contributed by atoms with Gasteiger partial charge in [0.25, 0.3) is 5.91 Å². The van der Waals surface area contributed by atoms with E-state index in [4.69, 9.17) is 0 Å². The molecule has 4 heteroatoms. The summed E-state index contributed by atoms with van der Waals surface area (Å²) in [7, 11) is 0. The van der Waals surface area contributed by atoms with Gasteiger partial charge in [0.1, 0.15) is 5.70 Å². The maximum Gasteiger partial charge on any atom is 0.336 e. The Morgan fingerprint density at radius 1 is 1.12 bits per heavy atom. The number of urea groups is 1. The number of amides is 3. The molecule has 0 saturated carbocycles. The third kappa shape index (κ3) is 1.71. The van der Waals surface area contributed by atoms with Gasteiger partial charge in [-0.2, -0.15) is 0 Å². The number of para-hydroxylation sites is 1. The SMILES string of the molecule is C=C1C(=O)N(c2ccccc2)C(=O)N1C(C)C. The molecule has 1 aliphatic rings. The van der Waals surface area contributed by atoms with Crippen molar-refractivity contribution in [2.75, 3.05) is 4.90 Å². The average Bonchev–Trinajstić information content (AvgIpc) is 2.51. The molecule has 0 aliphatic carbocycles. The van der Waals surface area contributed by atoms with Gasteiger partial charge in [-0.3, -0.25) is 9.69 Å². The number of nitrogens with zero attached hydrogens (tertiary/aromatic N) is 2. The Balaban J connectivity index is 2.41. The standard InChI is InChI=1S/C13H14N2O2/c1-9(2)14-10(3)12(16)15(13(14)17)11-7-5-4-6-8-11/h4-9H,3H2,1-2H3. The fourth-order valence-corrected chi connectivity index (χ4v) is 1.88. The average molecular weight is 230 g/mol. The van der Waals surface area contributed by atoms with Crippen LogP contribution in [-0.2, 0) is 4.79 Å². The van der Waals surface area contributed by atoms with E-state index in [1.165, 1.54) is 4.90 Å². The molecule has 0 aromatic heterocycles. The summed E-state index contributed by atoms with van der Waals surface area (Å²) in [5.74, 6) is -0.352. The third-order valence-corrected chi connectivity index (χ3v) is 2.67. The number of anilines is 1. The number of carbonyl (C=O) groups excluding carboxylic acids is 2. The second-order valence-electron chi connectivity index (χ2n) is 4.17. The first kappa shape index (κ1) is 11.4. The second kappa shape index (κ2) is 4.05. The van der Waals surface area contributed by atoms with Gasteiger partial charge >= 0.3 is 6.03 Å². The fourth-order valence-electron chi connectivity index (χ4n) is 1.88. The van der Waals surface area contributed by atoms with Gasteiger partial charge in [-0.05, 0) is 26.0 Å². The van der Waals surface area contributed by atoms with Crippen LogP contribution in [0, 0.1) is 0 Å². The molecule has 0 N–H and O–H groups in total. The lowest BCUT2D eigenvalue weighted by molar-refractivity contribution is -0.114. The van der Waals surface area contributed by atoms with E-state index < -0.39 is 0 Å². The Morgan fingerprint density at radius 3 is 2.18 bits per heavy atom. The van der Waals surface area contributed by atoms with Crippen molar-refractivity contribution < 1.29 is 9.59 Å². The zero-order chi connectivity index (χ0) is 12.6. The van der Waals surface area contributed by atoms with Gasteiger partial charge in [-0.15, -0.1) is 0 Å². The van der Waals surface area contributed by atoms with E-state index in [1.54, 1.807) is 24.3 Å². The van der Waals surface area contributed by atoms with E-state index in [1.807, 2.05) is 19.9 Å². The van der Waals surface area contributed by atoms with Gasteiger partial charge in [0.05, 0.1) is 5.69 Å². The molecule has 0 bridgehead atoms. The lowest BCUT2D eigenvalue weighted by atomic mass is 10.3. The minimum Gasteiger partial charge on any atom is -0.286 e. The fraction of sp³-hybridized carbons (Fsp3) is 0.231. The maximum atomic E-state index is 12.1. The van der Waals surface area contributed by atoms with Crippen molar-refractivity contribution in [3.8, 4) is 0 Å². The lowest BCUT2D eigenvalue weighted by Crippen LogP contribution is -2.36.